The smallest absolute Gasteiger partial charge is 0.236 e. The van der Waals surface area contributed by atoms with Crippen LogP contribution in [0.15, 0.2) is 66.0 Å². The lowest BCUT2D eigenvalue weighted by atomic mass is 10.2. The normalized spacial score (nSPS) is 15.4. The highest BCUT2D eigenvalue weighted by molar-refractivity contribution is 8.00. The number of piperazine rings is 1. The highest BCUT2D eigenvalue weighted by atomic mass is 32.2. The molecule has 2 aromatic carbocycles. The lowest BCUT2D eigenvalue weighted by Crippen LogP contribution is -2.50. The molecule has 5 nitrogen and oxygen atoms in total. The zero-order valence-electron chi connectivity index (χ0n) is 16.2. The molecule has 7 heteroatoms. The number of anilines is 1. The second-order valence-electron chi connectivity index (χ2n) is 7.02. The second kappa shape index (κ2) is 8.69. The maximum absolute atomic E-state index is 13.1. The van der Waals surface area contributed by atoms with Gasteiger partial charge in [0.1, 0.15) is 5.82 Å². The number of H-pyrrole nitrogens is 1. The number of imidazole rings is 1. The van der Waals surface area contributed by atoms with Gasteiger partial charge in [0.05, 0.1) is 17.1 Å². The summed E-state index contributed by atoms with van der Waals surface area (Å²) < 4.78 is 13.1. The fourth-order valence-electron chi connectivity index (χ4n) is 3.44. The van der Waals surface area contributed by atoms with E-state index in [1.807, 2.05) is 30.0 Å². The zero-order chi connectivity index (χ0) is 20.2. The number of hydrogen-bond donors (Lipinski definition) is 1. The van der Waals surface area contributed by atoms with E-state index in [1.165, 1.54) is 29.6 Å². The summed E-state index contributed by atoms with van der Waals surface area (Å²) in [7, 11) is 0. The number of aromatic nitrogens is 2. The molecule has 1 saturated heterocycles. The summed E-state index contributed by atoms with van der Waals surface area (Å²) >= 11 is 1.42. The molecule has 1 unspecified atom stereocenters. The summed E-state index contributed by atoms with van der Waals surface area (Å²) in [6.07, 6.45) is 1.71. The molecule has 1 amide bonds. The minimum absolute atomic E-state index is 0.127. The molecule has 0 saturated carbocycles. The Hall–Kier alpha value is -2.80. The van der Waals surface area contributed by atoms with E-state index in [4.69, 9.17) is 0 Å². The molecular formula is C22H23FN4OS. The van der Waals surface area contributed by atoms with E-state index in [0.717, 1.165) is 37.4 Å². The molecule has 1 aliphatic heterocycles. The maximum Gasteiger partial charge on any atom is 0.236 e. The van der Waals surface area contributed by atoms with Crippen molar-refractivity contribution in [3.05, 3.63) is 66.6 Å². The summed E-state index contributed by atoms with van der Waals surface area (Å²) in [5, 5.41) is 0.457. The predicted molar refractivity (Wildman–Crippen MR) is 115 cm³/mol. The molecule has 1 atom stereocenters. The fraction of sp³-hybridized carbons (Fsp3) is 0.273. The quantitative estimate of drug-likeness (QED) is 0.645. The van der Waals surface area contributed by atoms with Crippen LogP contribution in [0.4, 0.5) is 10.1 Å². The lowest BCUT2D eigenvalue weighted by molar-refractivity contribution is -0.130. The molecule has 2 heterocycles. The topological polar surface area (TPSA) is 52.2 Å². The molecule has 150 valence electrons. The fourth-order valence-corrected chi connectivity index (χ4v) is 4.31. The number of para-hydroxylation sites is 1. The van der Waals surface area contributed by atoms with Crippen molar-refractivity contribution < 1.29 is 9.18 Å². The van der Waals surface area contributed by atoms with Crippen LogP contribution in [0.2, 0.25) is 0 Å². The van der Waals surface area contributed by atoms with Gasteiger partial charge in [0.25, 0.3) is 0 Å². The average Bonchev–Trinajstić information content (AvgIpc) is 3.23. The third kappa shape index (κ3) is 4.62. The van der Waals surface area contributed by atoms with Crippen molar-refractivity contribution in [2.75, 3.05) is 31.1 Å². The first kappa shape index (κ1) is 19.5. The van der Waals surface area contributed by atoms with Crippen LogP contribution in [-0.2, 0) is 4.79 Å². The van der Waals surface area contributed by atoms with E-state index in [1.54, 1.807) is 18.3 Å². The molecule has 1 aromatic heterocycles. The Morgan fingerprint density at radius 3 is 2.45 bits per heavy atom. The molecule has 1 fully saturated rings. The summed E-state index contributed by atoms with van der Waals surface area (Å²) in [5.41, 5.74) is 2.87. The molecule has 3 aromatic rings. The van der Waals surface area contributed by atoms with E-state index in [0.29, 0.717) is 5.16 Å². The first-order chi connectivity index (χ1) is 14.1. The van der Waals surface area contributed by atoms with Crippen LogP contribution in [0.5, 0.6) is 0 Å². The molecule has 4 rings (SSSR count). The van der Waals surface area contributed by atoms with Gasteiger partial charge >= 0.3 is 0 Å². The number of halogens is 1. The summed E-state index contributed by atoms with van der Waals surface area (Å²) in [6.45, 7) is 5.02. The number of amides is 1. The first-order valence-electron chi connectivity index (χ1n) is 9.66. The molecule has 1 aliphatic rings. The van der Waals surface area contributed by atoms with Crippen LogP contribution in [0, 0.1) is 5.82 Å². The summed E-state index contributed by atoms with van der Waals surface area (Å²) in [6, 6.07) is 16.5. The van der Waals surface area contributed by atoms with E-state index in [-0.39, 0.29) is 17.0 Å². The van der Waals surface area contributed by atoms with Crippen molar-refractivity contribution in [3.63, 3.8) is 0 Å². The largest absolute Gasteiger partial charge is 0.368 e. The number of nitrogens with zero attached hydrogens (tertiary/aromatic N) is 3. The van der Waals surface area contributed by atoms with Crippen molar-refractivity contribution in [2.24, 2.45) is 0 Å². The third-order valence-corrected chi connectivity index (χ3v) is 6.04. The zero-order valence-corrected chi connectivity index (χ0v) is 17.0. The monoisotopic (exact) mass is 410 g/mol. The Bertz CT molecular complexity index is 952. The van der Waals surface area contributed by atoms with Gasteiger partial charge in [0, 0.05) is 31.9 Å². The highest BCUT2D eigenvalue weighted by Crippen LogP contribution is 2.26. The SMILES string of the molecule is CC(Sc1ncc(-c2ccc(F)cc2)[nH]1)C(=O)N1CCN(c2ccccc2)CC1. The van der Waals surface area contributed by atoms with Gasteiger partial charge in [-0.15, -0.1) is 0 Å². The number of carbonyl (C=O) groups excluding carboxylic acids is 1. The Morgan fingerprint density at radius 2 is 1.76 bits per heavy atom. The Kier molecular flexibility index (Phi) is 5.85. The van der Waals surface area contributed by atoms with E-state index < -0.39 is 0 Å². The van der Waals surface area contributed by atoms with Gasteiger partial charge in [-0.05, 0) is 48.9 Å². The number of aromatic amines is 1. The average molecular weight is 411 g/mol. The molecule has 0 aliphatic carbocycles. The highest BCUT2D eigenvalue weighted by Gasteiger charge is 2.26. The van der Waals surface area contributed by atoms with Gasteiger partial charge in [-0.25, -0.2) is 9.37 Å². The second-order valence-corrected chi connectivity index (χ2v) is 8.35. The van der Waals surface area contributed by atoms with Gasteiger partial charge in [-0.2, -0.15) is 0 Å². The third-order valence-electron chi connectivity index (χ3n) is 5.06. The van der Waals surface area contributed by atoms with E-state index >= 15 is 0 Å². The number of benzene rings is 2. The Balaban J connectivity index is 1.33. The van der Waals surface area contributed by atoms with Crippen molar-refractivity contribution in [1.82, 2.24) is 14.9 Å². The van der Waals surface area contributed by atoms with Crippen molar-refractivity contribution in [2.45, 2.75) is 17.3 Å². The number of nitrogens with one attached hydrogen (secondary N) is 1. The number of thioether (sulfide) groups is 1. The molecule has 0 spiro atoms. The standard InChI is InChI=1S/C22H23FN4OS/c1-16(29-22-24-15-20(25-22)17-7-9-18(23)10-8-17)21(28)27-13-11-26(12-14-27)19-5-3-2-4-6-19/h2-10,15-16H,11-14H2,1H3,(H,24,25). The number of hydrogen-bond acceptors (Lipinski definition) is 4. The van der Waals surface area contributed by atoms with Gasteiger partial charge in [0.2, 0.25) is 5.91 Å². The van der Waals surface area contributed by atoms with Gasteiger partial charge < -0.3 is 14.8 Å². The van der Waals surface area contributed by atoms with Crippen LogP contribution in [0.25, 0.3) is 11.3 Å². The Labute approximate surface area is 173 Å². The van der Waals surface area contributed by atoms with Crippen molar-refractivity contribution in [3.8, 4) is 11.3 Å². The van der Waals surface area contributed by atoms with Gasteiger partial charge in [-0.3, -0.25) is 4.79 Å². The molecular weight excluding hydrogens is 387 g/mol. The Morgan fingerprint density at radius 1 is 1.07 bits per heavy atom. The molecule has 0 bridgehead atoms. The van der Waals surface area contributed by atoms with Crippen molar-refractivity contribution in [1.29, 1.82) is 0 Å². The predicted octanol–water partition coefficient (Wildman–Crippen LogP) is 4.05. The molecule has 29 heavy (non-hydrogen) atoms. The van der Waals surface area contributed by atoms with Gasteiger partial charge in [0.15, 0.2) is 5.16 Å². The van der Waals surface area contributed by atoms with E-state index in [2.05, 4.69) is 27.0 Å². The minimum atomic E-state index is -0.269. The van der Waals surface area contributed by atoms with Crippen LogP contribution in [0.1, 0.15) is 6.92 Å². The van der Waals surface area contributed by atoms with Crippen LogP contribution >= 0.6 is 11.8 Å². The van der Waals surface area contributed by atoms with Crippen LogP contribution in [-0.4, -0.2) is 52.2 Å². The number of carbonyl (C=O) groups is 1. The number of rotatable bonds is 5. The van der Waals surface area contributed by atoms with E-state index in [9.17, 15) is 9.18 Å². The maximum atomic E-state index is 13.1. The first-order valence-corrected chi connectivity index (χ1v) is 10.5. The summed E-state index contributed by atoms with van der Waals surface area (Å²) in [4.78, 5) is 24.7. The van der Waals surface area contributed by atoms with Crippen molar-refractivity contribution >= 4 is 23.4 Å². The van der Waals surface area contributed by atoms with Crippen LogP contribution in [0.3, 0.4) is 0 Å². The molecule has 0 radical (unpaired) electrons. The minimum Gasteiger partial charge on any atom is -0.368 e. The lowest BCUT2D eigenvalue weighted by Gasteiger charge is -2.37. The summed E-state index contributed by atoms with van der Waals surface area (Å²) in [5.74, 6) is -0.142. The van der Waals surface area contributed by atoms with Crippen LogP contribution < -0.4 is 4.90 Å². The molecule has 1 N–H and O–H groups in total. The van der Waals surface area contributed by atoms with Gasteiger partial charge in [-0.1, -0.05) is 30.0 Å².